The van der Waals surface area contributed by atoms with E-state index in [2.05, 4.69) is 26.0 Å². The summed E-state index contributed by atoms with van der Waals surface area (Å²) in [5.74, 6) is 1.14. The van der Waals surface area contributed by atoms with E-state index in [0.29, 0.717) is 0 Å². The maximum absolute atomic E-state index is 12.4. The summed E-state index contributed by atoms with van der Waals surface area (Å²) >= 11 is -0.219. The van der Waals surface area contributed by atoms with Crippen molar-refractivity contribution in [2.75, 3.05) is 0 Å². The van der Waals surface area contributed by atoms with Crippen molar-refractivity contribution >= 4 is 29.8 Å². The number of hydrogen-bond acceptors (Lipinski definition) is 3. The fourth-order valence-corrected chi connectivity index (χ4v) is 5.41. The topological polar surface area (TPSA) is 49.4 Å². The summed E-state index contributed by atoms with van der Waals surface area (Å²) in [5.41, 5.74) is 2.29. The molecule has 24 heavy (non-hydrogen) atoms. The fourth-order valence-electron chi connectivity index (χ4n) is 2.84. The van der Waals surface area contributed by atoms with Gasteiger partial charge in [0.15, 0.2) is 0 Å². The second-order valence-corrected chi connectivity index (χ2v) is 10.3. The van der Waals surface area contributed by atoms with E-state index in [-0.39, 0.29) is 43.1 Å². The quantitative estimate of drug-likeness (QED) is 0.497. The second-order valence-electron chi connectivity index (χ2n) is 6.00. The van der Waals surface area contributed by atoms with Crippen LogP contribution in [0.1, 0.15) is 27.7 Å². The fraction of sp³-hybridized carbons (Fsp3) is 0.200. The van der Waals surface area contributed by atoms with Crippen LogP contribution in [0.25, 0.3) is 0 Å². The molecular formula is C20H18O3Te-. The Hall–Kier alpha value is -1.89. The van der Waals surface area contributed by atoms with Crippen LogP contribution < -0.4 is 5.11 Å². The molecule has 0 spiro atoms. The zero-order valence-electron chi connectivity index (χ0n) is 14.1. The van der Waals surface area contributed by atoms with Gasteiger partial charge in [-0.25, -0.2) is 0 Å². The number of ketones is 1. The van der Waals surface area contributed by atoms with Crippen molar-refractivity contribution in [1.82, 2.24) is 0 Å². The van der Waals surface area contributed by atoms with Gasteiger partial charge in [0, 0.05) is 0 Å². The molecular weight excluding hydrogens is 416 g/mol. The molecule has 0 aromatic carbocycles. The Labute approximate surface area is 151 Å². The molecule has 0 aromatic rings. The Morgan fingerprint density at radius 3 is 2.25 bits per heavy atom. The second kappa shape index (κ2) is 6.55. The van der Waals surface area contributed by atoms with Crippen molar-refractivity contribution in [1.29, 1.82) is 0 Å². The molecule has 0 fully saturated rings. The van der Waals surface area contributed by atoms with Crippen LogP contribution in [0.2, 0.25) is 0 Å². The third-order valence-corrected chi connectivity index (χ3v) is 6.23. The molecule has 0 aromatic heterocycles. The van der Waals surface area contributed by atoms with Gasteiger partial charge in [0.05, 0.1) is 0 Å². The summed E-state index contributed by atoms with van der Waals surface area (Å²) in [7, 11) is 0. The molecule has 4 heteroatoms. The van der Waals surface area contributed by atoms with Gasteiger partial charge >= 0.3 is 152 Å². The molecule has 2 heterocycles. The van der Waals surface area contributed by atoms with Gasteiger partial charge in [-0.15, -0.1) is 0 Å². The predicted octanol–water partition coefficient (Wildman–Crippen LogP) is 2.61. The van der Waals surface area contributed by atoms with E-state index < -0.39 is 0 Å². The number of carbonyl (C=O) groups excluding carboxylic acids is 1. The van der Waals surface area contributed by atoms with E-state index in [1.165, 1.54) is 7.17 Å². The Bertz CT molecular complexity index is 861. The number of Topliss-reactive ketones (excluding diaryl/α,β-unsaturated/α-hetero) is 1. The number of rotatable bonds is 2. The number of hydrogen-bond donors (Lipinski definition) is 0. The van der Waals surface area contributed by atoms with Crippen molar-refractivity contribution in [2.24, 2.45) is 0 Å². The summed E-state index contributed by atoms with van der Waals surface area (Å²) in [6, 6.07) is 0. The molecule has 123 valence electrons. The average molecular weight is 434 g/mol. The van der Waals surface area contributed by atoms with Gasteiger partial charge in [-0.3, -0.25) is 0 Å². The van der Waals surface area contributed by atoms with Crippen molar-refractivity contribution in [3.63, 3.8) is 0 Å². The summed E-state index contributed by atoms with van der Waals surface area (Å²) in [4.78, 5) is 12.4. The summed E-state index contributed by atoms with van der Waals surface area (Å²) in [5, 5.41) is 12.4. The van der Waals surface area contributed by atoms with E-state index in [1.54, 1.807) is 12.2 Å². The molecule has 0 unspecified atom stereocenters. The Morgan fingerprint density at radius 2 is 1.67 bits per heavy atom. The molecule has 0 amide bonds. The van der Waals surface area contributed by atoms with Crippen LogP contribution in [0.4, 0.5) is 0 Å². The van der Waals surface area contributed by atoms with E-state index in [4.69, 9.17) is 4.74 Å². The van der Waals surface area contributed by atoms with E-state index in [0.717, 1.165) is 22.7 Å². The molecule has 1 radical (unpaired) electrons. The van der Waals surface area contributed by atoms with Crippen LogP contribution in [-0.2, 0) is 9.53 Å². The standard InChI is InChI=1S/C20H19O3Te/c1-11-5-15(6-12(2)23-11)9-17-19(21)18(20(17)22)10-16-7-13(3)24-14(4)8-16/h5-10,21H,1-4H3/p-1. The van der Waals surface area contributed by atoms with Crippen molar-refractivity contribution in [3.05, 3.63) is 79.6 Å². The zero-order chi connectivity index (χ0) is 17.4. The summed E-state index contributed by atoms with van der Waals surface area (Å²) in [6.45, 7) is 7.91. The number of carbonyl (C=O) groups is 1. The molecule has 0 bridgehead atoms. The first-order valence-corrected chi connectivity index (χ1v) is 10.0. The van der Waals surface area contributed by atoms with Crippen molar-refractivity contribution in [3.8, 4) is 0 Å². The summed E-state index contributed by atoms with van der Waals surface area (Å²) in [6.07, 6.45) is 11.2. The van der Waals surface area contributed by atoms with Crippen LogP contribution in [0.5, 0.6) is 0 Å². The van der Waals surface area contributed by atoms with E-state index in [1.807, 2.05) is 26.0 Å². The SMILES string of the molecule is CC1=CC(=CC2=C([O-])C(=CC3=CC(C)=[Te]C(C)=C3)C2=O)C=C(C)O1. The molecule has 0 N–H and O–H groups in total. The van der Waals surface area contributed by atoms with Gasteiger partial charge in [-0.05, 0) is 0 Å². The predicted molar refractivity (Wildman–Crippen MR) is 95.1 cm³/mol. The van der Waals surface area contributed by atoms with Gasteiger partial charge in [0.1, 0.15) is 0 Å². The first-order valence-electron chi connectivity index (χ1n) is 7.69. The van der Waals surface area contributed by atoms with Gasteiger partial charge in [0.2, 0.25) is 0 Å². The molecule has 0 atom stereocenters. The Morgan fingerprint density at radius 1 is 1.00 bits per heavy atom. The molecule has 2 aliphatic heterocycles. The monoisotopic (exact) mass is 436 g/mol. The normalized spacial score (nSPS) is 22.2. The minimum absolute atomic E-state index is 0.178. The van der Waals surface area contributed by atoms with Gasteiger partial charge in [-0.1, -0.05) is 0 Å². The molecule has 3 aliphatic rings. The molecule has 1 aliphatic carbocycles. The average Bonchev–Trinajstić information content (AvgIpc) is 2.48. The van der Waals surface area contributed by atoms with Crippen LogP contribution in [-0.4, -0.2) is 29.8 Å². The molecule has 0 saturated heterocycles. The minimum atomic E-state index is -0.219. The van der Waals surface area contributed by atoms with Crippen molar-refractivity contribution in [2.45, 2.75) is 27.7 Å². The third-order valence-electron chi connectivity index (χ3n) is 3.72. The number of ether oxygens (including phenoxy) is 1. The first-order chi connectivity index (χ1) is 11.3. The number of allylic oxidation sites excluding steroid dienone is 13. The molecule has 3 rings (SSSR count). The van der Waals surface area contributed by atoms with Crippen LogP contribution in [0.15, 0.2) is 79.6 Å². The molecule has 3 nitrogen and oxygen atoms in total. The first kappa shape index (κ1) is 16.9. The van der Waals surface area contributed by atoms with Gasteiger partial charge in [-0.2, -0.15) is 0 Å². The maximum atomic E-state index is 12.4. The summed E-state index contributed by atoms with van der Waals surface area (Å²) < 4.78 is 8.15. The zero-order valence-corrected chi connectivity index (χ0v) is 16.4. The van der Waals surface area contributed by atoms with Crippen LogP contribution in [0, 0.1) is 0 Å². The van der Waals surface area contributed by atoms with Crippen LogP contribution in [0.3, 0.4) is 0 Å². The van der Waals surface area contributed by atoms with E-state index in [9.17, 15) is 9.90 Å². The third kappa shape index (κ3) is 3.45. The van der Waals surface area contributed by atoms with E-state index >= 15 is 0 Å². The molecule has 0 saturated carbocycles. The van der Waals surface area contributed by atoms with Gasteiger partial charge < -0.3 is 0 Å². The van der Waals surface area contributed by atoms with Crippen molar-refractivity contribution < 1.29 is 14.6 Å². The van der Waals surface area contributed by atoms with Gasteiger partial charge in [0.25, 0.3) is 0 Å². The van der Waals surface area contributed by atoms with Crippen LogP contribution >= 0.6 is 0 Å². The Balaban J connectivity index is 1.92. The Kier molecular flexibility index (Phi) is 4.62.